The fourth-order valence-electron chi connectivity index (χ4n) is 2.41. The van der Waals surface area contributed by atoms with Crippen molar-refractivity contribution in [2.24, 2.45) is 0 Å². The molecule has 2 aromatic rings. The van der Waals surface area contributed by atoms with Gasteiger partial charge in [-0.25, -0.2) is 4.79 Å². The molecule has 0 aliphatic carbocycles. The van der Waals surface area contributed by atoms with Crippen LogP contribution in [0.1, 0.15) is 46.8 Å². The van der Waals surface area contributed by atoms with Gasteiger partial charge in [-0.1, -0.05) is 50.2 Å². The summed E-state index contributed by atoms with van der Waals surface area (Å²) in [7, 11) is 0. The van der Waals surface area contributed by atoms with Crippen LogP contribution >= 0.6 is 0 Å². The predicted molar refractivity (Wildman–Crippen MR) is 81.1 cm³/mol. The van der Waals surface area contributed by atoms with Crippen LogP contribution in [-0.2, 0) is 17.5 Å². The van der Waals surface area contributed by atoms with Crippen LogP contribution in [0.3, 0.4) is 0 Å². The van der Waals surface area contributed by atoms with Gasteiger partial charge in [0.25, 0.3) is 0 Å². The Morgan fingerprint density at radius 1 is 1.04 bits per heavy atom. The second-order valence-corrected chi connectivity index (χ2v) is 5.48. The molecule has 0 spiro atoms. The summed E-state index contributed by atoms with van der Waals surface area (Å²) in [5, 5.41) is 0. The van der Waals surface area contributed by atoms with Crippen LogP contribution in [0.15, 0.2) is 48.5 Å². The molecule has 0 heterocycles. The highest BCUT2D eigenvalue weighted by Crippen LogP contribution is 2.37. The van der Waals surface area contributed by atoms with Gasteiger partial charge in [-0.2, -0.15) is 13.2 Å². The first-order chi connectivity index (χ1) is 10.8. The third-order valence-electron chi connectivity index (χ3n) is 3.42. The molecule has 0 amide bonds. The molecule has 0 unspecified atom stereocenters. The van der Waals surface area contributed by atoms with E-state index in [0.29, 0.717) is 0 Å². The van der Waals surface area contributed by atoms with E-state index < -0.39 is 23.6 Å². The van der Waals surface area contributed by atoms with Crippen molar-refractivity contribution in [2.45, 2.75) is 32.5 Å². The van der Waals surface area contributed by atoms with Crippen LogP contribution in [0.2, 0.25) is 0 Å². The Balaban J connectivity index is 2.29. The number of carbonyl (C=O) groups is 1. The highest BCUT2D eigenvalue weighted by Gasteiger charge is 2.36. The van der Waals surface area contributed by atoms with Crippen molar-refractivity contribution in [3.63, 3.8) is 0 Å². The number of rotatable bonds is 4. The number of alkyl halides is 3. The Hall–Kier alpha value is -2.30. The van der Waals surface area contributed by atoms with Gasteiger partial charge in [-0.05, 0) is 29.2 Å². The smallest absolute Gasteiger partial charge is 0.416 e. The van der Waals surface area contributed by atoms with E-state index in [4.69, 9.17) is 4.74 Å². The zero-order valence-electron chi connectivity index (χ0n) is 12.9. The summed E-state index contributed by atoms with van der Waals surface area (Å²) < 4.78 is 44.6. The summed E-state index contributed by atoms with van der Waals surface area (Å²) in [4.78, 5) is 12.2. The van der Waals surface area contributed by atoms with Crippen LogP contribution < -0.4 is 0 Å². The van der Waals surface area contributed by atoms with E-state index in [0.717, 1.165) is 11.6 Å². The molecule has 5 heteroatoms. The molecule has 23 heavy (non-hydrogen) atoms. The lowest BCUT2D eigenvalue weighted by molar-refractivity contribution is -0.138. The highest BCUT2D eigenvalue weighted by molar-refractivity contribution is 5.91. The Morgan fingerprint density at radius 3 is 2.26 bits per heavy atom. The summed E-state index contributed by atoms with van der Waals surface area (Å²) in [5.41, 5.74) is -0.0793. The minimum atomic E-state index is -4.50. The van der Waals surface area contributed by atoms with Gasteiger partial charge in [0.15, 0.2) is 0 Å². The maximum absolute atomic E-state index is 13.2. The zero-order chi connectivity index (χ0) is 17.0. The van der Waals surface area contributed by atoms with Gasteiger partial charge >= 0.3 is 12.1 Å². The fraction of sp³-hybridized carbons (Fsp3) is 0.278. The Morgan fingerprint density at radius 2 is 1.70 bits per heavy atom. The summed E-state index contributed by atoms with van der Waals surface area (Å²) in [6, 6.07) is 12.6. The molecule has 0 saturated carbocycles. The van der Waals surface area contributed by atoms with Crippen molar-refractivity contribution in [1.82, 2.24) is 0 Å². The minimum Gasteiger partial charge on any atom is -0.457 e. The predicted octanol–water partition coefficient (Wildman–Crippen LogP) is 5.19. The third kappa shape index (κ3) is 4.12. The molecule has 122 valence electrons. The molecule has 2 aromatic carbocycles. The normalized spacial score (nSPS) is 11.6. The number of ether oxygens (including phenoxy) is 1. The molecule has 2 nitrogen and oxygen atoms in total. The lowest BCUT2D eigenvalue weighted by Gasteiger charge is -2.19. The number of benzene rings is 2. The summed E-state index contributed by atoms with van der Waals surface area (Å²) in [5.74, 6) is -1.20. The Labute approximate surface area is 132 Å². The standard InChI is InChI=1S/C18H17F3O2/c1-12(2)16-14(9-6-10-15(16)18(19,20)21)17(22)23-11-13-7-4-3-5-8-13/h3-10,12H,11H2,1-2H3. The zero-order valence-corrected chi connectivity index (χ0v) is 12.9. The first-order valence-electron chi connectivity index (χ1n) is 7.22. The summed E-state index contributed by atoms with van der Waals surface area (Å²) in [6.45, 7) is 3.27. The van der Waals surface area contributed by atoms with Gasteiger partial charge in [-0.15, -0.1) is 0 Å². The molecule has 0 saturated heterocycles. The molecular formula is C18H17F3O2. The maximum Gasteiger partial charge on any atom is 0.416 e. The highest BCUT2D eigenvalue weighted by atomic mass is 19.4. The van der Waals surface area contributed by atoms with Gasteiger partial charge in [0.05, 0.1) is 11.1 Å². The second kappa shape index (κ2) is 6.86. The van der Waals surface area contributed by atoms with Crippen LogP contribution in [0, 0.1) is 0 Å². The van der Waals surface area contributed by atoms with Gasteiger partial charge in [0.2, 0.25) is 0 Å². The Bertz CT molecular complexity index is 676. The molecular weight excluding hydrogens is 305 g/mol. The van der Waals surface area contributed by atoms with Crippen molar-refractivity contribution < 1.29 is 22.7 Å². The van der Waals surface area contributed by atoms with E-state index in [1.807, 2.05) is 6.07 Å². The van der Waals surface area contributed by atoms with Crippen molar-refractivity contribution in [3.05, 3.63) is 70.8 Å². The monoisotopic (exact) mass is 322 g/mol. The van der Waals surface area contributed by atoms with Crippen molar-refractivity contribution in [2.75, 3.05) is 0 Å². The Kier molecular flexibility index (Phi) is 5.08. The van der Waals surface area contributed by atoms with Crippen molar-refractivity contribution in [3.8, 4) is 0 Å². The molecule has 0 bridgehead atoms. The first kappa shape index (κ1) is 17.1. The minimum absolute atomic E-state index is 0.0213. The number of carbonyl (C=O) groups excluding carboxylic acids is 1. The molecule has 0 radical (unpaired) electrons. The summed E-state index contributed by atoms with van der Waals surface area (Å²) >= 11 is 0. The first-order valence-corrected chi connectivity index (χ1v) is 7.22. The van der Waals surface area contributed by atoms with Crippen LogP contribution in [0.5, 0.6) is 0 Å². The molecule has 0 aromatic heterocycles. The molecule has 2 rings (SSSR count). The van der Waals surface area contributed by atoms with Crippen LogP contribution in [0.4, 0.5) is 13.2 Å². The summed E-state index contributed by atoms with van der Waals surface area (Å²) in [6.07, 6.45) is -4.50. The quantitative estimate of drug-likeness (QED) is 0.725. The van der Waals surface area contributed by atoms with E-state index >= 15 is 0 Å². The molecule has 0 aliphatic heterocycles. The second-order valence-electron chi connectivity index (χ2n) is 5.48. The molecule has 0 atom stereocenters. The van der Waals surface area contributed by atoms with Crippen LogP contribution in [-0.4, -0.2) is 5.97 Å². The largest absolute Gasteiger partial charge is 0.457 e. The average molecular weight is 322 g/mol. The lowest BCUT2D eigenvalue weighted by Crippen LogP contribution is -2.16. The van der Waals surface area contributed by atoms with E-state index in [2.05, 4.69) is 0 Å². The topological polar surface area (TPSA) is 26.3 Å². The molecule has 0 aliphatic rings. The number of esters is 1. The van der Waals surface area contributed by atoms with E-state index in [9.17, 15) is 18.0 Å². The fourth-order valence-corrected chi connectivity index (χ4v) is 2.41. The van der Waals surface area contributed by atoms with Gasteiger partial charge < -0.3 is 4.74 Å². The van der Waals surface area contributed by atoms with Crippen LogP contribution in [0.25, 0.3) is 0 Å². The SMILES string of the molecule is CC(C)c1c(C(=O)OCc2ccccc2)cccc1C(F)(F)F. The van der Waals surface area contributed by atoms with Gasteiger partial charge in [0, 0.05) is 0 Å². The number of halogens is 3. The average Bonchev–Trinajstić information content (AvgIpc) is 2.52. The molecule has 0 N–H and O–H groups in total. The number of hydrogen-bond acceptors (Lipinski definition) is 2. The van der Waals surface area contributed by atoms with E-state index in [1.165, 1.54) is 12.1 Å². The molecule has 0 fully saturated rings. The lowest BCUT2D eigenvalue weighted by atomic mass is 9.91. The van der Waals surface area contributed by atoms with Gasteiger partial charge in [0.1, 0.15) is 6.61 Å². The van der Waals surface area contributed by atoms with Crippen molar-refractivity contribution >= 4 is 5.97 Å². The van der Waals surface area contributed by atoms with Crippen molar-refractivity contribution in [1.29, 1.82) is 0 Å². The van der Waals surface area contributed by atoms with Gasteiger partial charge in [-0.3, -0.25) is 0 Å². The third-order valence-corrected chi connectivity index (χ3v) is 3.42. The van der Waals surface area contributed by atoms with E-state index in [-0.39, 0.29) is 17.7 Å². The van der Waals surface area contributed by atoms with E-state index in [1.54, 1.807) is 38.1 Å². The maximum atomic E-state index is 13.2. The number of hydrogen-bond donors (Lipinski definition) is 0.